The average molecular weight is 1140 g/mol. The van der Waals surface area contributed by atoms with Crippen molar-refractivity contribution in [3.05, 3.63) is 72.8 Å². The van der Waals surface area contributed by atoms with Crippen LogP contribution in [0.2, 0.25) is 0 Å². The summed E-state index contributed by atoms with van der Waals surface area (Å²) in [5, 5.41) is 38.8. The van der Waals surface area contributed by atoms with Crippen molar-refractivity contribution in [2.75, 3.05) is 119 Å². The van der Waals surface area contributed by atoms with Gasteiger partial charge in [0, 0.05) is 106 Å². The highest BCUT2D eigenvalue weighted by molar-refractivity contribution is 5.74. The van der Waals surface area contributed by atoms with Gasteiger partial charge in [0.2, 0.25) is 0 Å². The van der Waals surface area contributed by atoms with Crippen LogP contribution in [-0.4, -0.2) is 196 Å². The number of rotatable bonds is 20. The fraction of sp³-hybridized carbons (Fsp3) is 0.679. The van der Waals surface area contributed by atoms with Crippen LogP contribution in [0.3, 0.4) is 0 Å². The molecule has 0 atom stereocenters. The van der Waals surface area contributed by atoms with Gasteiger partial charge in [0.25, 0.3) is 0 Å². The first kappa shape index (κ1) is 70.9. The second kappa shape index (κ2) is 49.6. The molecule has 25 heteroatoms. The molecule has 5 aliphatic heterocycles. The molecule has 0 aromatic heterocycles. The van der Waals surface area contributed by atoms with Crippen LogP contribution in [0, 0.1) is 0 Å². The molecule has 5 heterocycles. The molecule has 10 amide bonds. The van der Waals surface area contributed by atoms with E-state index in [4.69, 9.17) is 14.9 Å². The number of carbonyl (C=O) groups excluding carboxylic acids is 4. The molecule has 0 aliphatic carbocycles. The van der Waals surface area contributed by atoms with Crippen molar-refractivity contribution in [2.24, 2.45) is 0 Å². The normalized spacial score (nSPS) is 16.6. The standard InChI is InChI=1S/C18H36N6O2.C17H34N6O3.C6H12N2O2.2C6H6.C3H8N2O2/c25-17(21-23-13-7-3-8-14-23)19-11-5-1-2-6-12-20-18(26)22-24-15-9-4-10-16-24;24-16(20-22-10-6-3-7-11-22)18-8-4-1-2-5-9-19-17(25)21-23-12-14-26-15-13-23;9-6(10)7-8-4-2-1-3-5-8;2*1-2-4-6-5-3-1;1-5(2)4-3(6)7/h1-16H2,(H2,19,21,25)(H2,20,22,26);1-15H2,(H2,18,20,24)(H2,19,21,25);7H,1-5H2,(H,9,10);2*1-6H;4H,1-2H3,(H,6,7). The Morgan fingerprint density at radius 1 is 0.346 bits per heavy atom. The summed E-state index contributed by atoms with van der Waals surface area (Å²) in [4.78, 5) is 66.8. The van der Waals surface area contributed by atoms with Gasteiger partial charge in [-0.3, -0.25) is 32.6 Å². The lowest BCUT2D eigenvalue weighted by Gasteiger charge is -2.26. The van der Waals surface area contributed by atoms with Crippen molar-refractivity contribution in [1.82, 2.24) is 83.9 Å². The van der Waals surface area contributed by atoms with Gasteiger partial charge in [-0.25, -0.2) is 58.8 Å². The highest BCUT2D eigenvalue weighted by Gasteiger charge is 2.16. The number of nitrogens with zero attached hydrogens (tertiary/aromatic N) is 6. The first-order chi connectivity index (χ1) is 39.4. The van der Waals surface area contributed by atoms with E-state index in [9.17, 15) is 28.8 Å². The summed E-state index contributed by atoms with van der Waals surface area (Å²) in [5.41, 5.74) is 15.9. The number of carboxylic acid groups (broad SMARTS) is 2. The molecule has 0 unspecified atom stereocenters. The van der Waals surface area contributed by atoms with E-state index in [1.54, 1.807) is 19.1 Å². The van der Waals surface area contributed by atoms with E-state index in [2.05, 4.69) is 53.8 Å². The molecule has 0 bridgehead atoms. The molecule has 5 fully saturated rings. The van der Waals surface area contributed by atoms with Crippen molar-refractivity contribution in [3.63, 3.8) is 0 Å². The topological polar surface area (TPSA) is 292 Å². The molecule has 2 aromatic carbocycles. The molecule has 25 nitrogen and oxygen atoms in total. The van der Waals surface area contributed by atoms with Crippen LogP contribution < -0.4 is 53.8 Å². The number of carbonyl (C=O) groups is 6. The highest BCUT2D eigenvalue weighted by Crippen LogP contribution is 2.08. The number of urea groups is 4. The Kier molecular flexibility index (Phi) is 43.4. The summed E-state index contributed by atoms with van der Waals surface area (Å²) < 4.78 is 5.23. The molecule has 2 aromatic rings. The lowest BCUT2D eigenvalue weighted by Crippen LogP contribution is -2.51. The van der Waals surface area contributed by atoms with Crippen molar-refractivity contribution >= 4 is 36.3 Å². The van der Waals surface area contributed by atoms with E-state index < -0.39 is 12.2 Å². The van der Waals surface area contributed by atoms with Crippen LogP contribution in [0.4, 0.5) is 28.8 Å². The fourth-order valence-electron chi connectivity index (χ4n) is 8.54. The van der Waals surface area contributed by atoms with Gasteiger partial charge < -0.3 is 36.2 Å². The number of ether oxygens (including phenoxy) is 1. The van der Waals surface area contributed by atoms with E-state index in [0.717, 1.165) is 168 Å². The number of hydrogen-bond acceptors (Lipinski definition) is 13. The lowest BCUT2D eigenvalue weighted by molar-refractivity contribution is 0.0195. The number of morpholine rings is 1. The third kappa shape index (κ3) is 45.1. The maximum atomic E-state index is 11.8. The van der Waals surface area contributed by atoms with Gasteiger partial charge in [-0.15, -0.1) is 0 Å². The van der Waals surface area contributed by atoms with Crippen LogP contribution in [0.15, 0.2) is 72.8 Å². The van der Waals surface area contributed by atoms with E-state index >= 15 is 0 Å². The monoisotopic (exact) mass is 1140 g/mol. The van der Waals surface area contributed by atoms with Gasteiger partial charge in [-0.2, -0.15) is 0 Å². The third-order valence-electron chi connectivity index (χ3n) is 12.7. The summed E-state index contributed by atoms with van der Waals surface area (Å²) in [5.74, 6) is 0. The van der Waals surface area contributed by atoms with Crippen LogP contribution >= 0.6 is 0 Å². The van der Waals surface area contributed by atoms with E-state index in [1.807, 2.05) is 92.8 Å². The summed E-state index contributed by atoms with van der Waals surface area (Å²) in [7, 11) is 3.21. The Morgan fingerprint density at radius 3 is 0.790 bits per heavy atom. The molecule has 5 aliphatic rings. The van der Waals surface area contributed by atoms with Crippen LogP contribution in [0.1, 0.15) is 128 Å². The van der Waals surface area contributed by atoms with Crippen molar-refractivity contribution in [1.29, 1.82) is 0 Å². The summed E-state index contributed by atoms with van der Waals surface area (Å²) in [6.07, 6.45) is 20.1. The maximum Gasteiger partial charge on any atom is 0.419 e. The molecule has 12 N–H and O–H groups in total. The van der Waals surface area contributed by atoms with Crippen molar-refractivity contribution in [2.45, 2.75) is 128 Å². The summed E-state index contributed by atoms with van der Waals surface area (Å²) in [6, 6.07) is 23.6. The molecule has 0 radical (unpaired) electrons. The quantitative estimate of drug-likeness (QED) is 0.0498. The zero-order chi connectivity index (χ0) is 58.6. The van der Waals surface area contributed by atoms with E-state index in [-0.39, 0.29) is 24.1 Å². The molecule has 7 rings (SSSR count). The first-order valence-electron chi connectivity index (χ1n) is 29.6. The zero-order valence-corrected chi connectivity index (χ0v) is 48.8. The molecule has 0 spiro atoms. The molecule has 460 valence electrons. The molecular weight excluding hydrogens is 1040 g/mol. The number of amides is 10. The Hall–Kier alpha value is -6.22. The van der Waals surface area contributed by atoms with Gasteiger partial charge in [0.15, 0.2) is 0 Å². The Labute approximate surface area is 482 Å². The number of benzene rings is 2. The van der Waals surface area contributed by atoms with E-state index in [1.165, 1.54) is 30.7 Å². The number of piperidine rings is 4. The van der Waals surface area contributed by atoms with Gasteiger partial charge in [0.1, 0.15) is 0 Å². The lowest BCUT2D eigenvalue weighted by atomic mass is 10.2. The Balaban J connectivity index is 0.000000373. The predicted molar refractivity (Wildman–Crippen MR) is 316 cm³/mol. The summed E-state index contributed by atoms with van der Waals surface area (Å²) >= 11 is 0. The average Bonchev–Trinajstić information content (AvgIpc) is 3.47. The molecular formula is C56H102N16O9. The van der Waals surface area contributed by atoms with Gasteiger partial charge in [0.05, 0.1) is 13.2 Å². The summed E-state index contributed by atoms with van der Waals surface area (Å²) in [6.45, 7) is 12.9. The minimum Gasteiger partial charge on any atom is -0.464 e. The number of nitrogens with one attached hydrogen (secondary N) is 10. The van der Waals surface area contributed by atoms with Gasteiger partial charge in [-0.1, -0.05) is 124 Å². The number of hydrogen-bond donors (Lipinski definition) is 12. The maximum absolute atomic E-state index is 11.8. The molecule has 0 saturated carbocycles. The first-order valence-corrected chi connectivity index (χ1v) is 29.6. The SMILES string of the molecule is CN(C)NC(=O)O.O=C(NCCCCCCNC(=O)NN1CCCCC1)NN1CCCCC1.O=C(NCCCCCCNC(=O)NN1CCOCC1)NN1CCCCC1.O=C(O)NN1CCCCC1.c1ccccc1.c1ccccc1. The zero-order valence-electron chi connectivity index (χ0n) is 48.8. The molecule has 5 saturated heterocycles. The van der Waals surface area contributed by atoms with Crippen molar-refractivity contribution < 1.29 is 43.7 Å². The van der Waals surface area contributed by atoms with Crippen LogP contribution in [-0.2, 0) is 4.74 Å². The third-order valence-corrected chi connectivity index (χ3v) is 12.7. The van der Waals surface area contributed by atoms with Crippen molar-refractivity contribution in [3.8, 4) is 0 Å². The Bertz CT molecular complexity index is 1620. The smallest absolute Gasteiger partial charge is 0.419 e. The minimum atomic E-state index is -1.04. The van der Waals surface area contributed by atoms with Crippen LogP contribution in [0.5, 0.6) is 0 Å². The fourth-order valence-corrected chi connectivity index (χ4v) is 8.54. The van der Waals surface area contributed by atoms with E-state index in [0.29, 0.717) is 39.4 Å². The number of unbranched alkanes of at least 4 members (excludes halogenated alkanes) is 6. The minimum absolute atomic E-state index is 0.0945. The van der Waals surface area contributed by atoms with Gasteiger partial charge in [-0.05, 0) is 77.0 Å². The molecule has 81 heavy (non-hydrogen) atoms. The second-order valence-electron chi connectivity index (χ2n) is 20.1. The van der Waals surface area contributed by atoms with Gasteiger partial charge >= 0.3 is 36.3 Å². The predicted octanol–water partition coefficient (Wildman–Crippen LogP) is 6.50. The highest BCUT2D eigenvalue weighted by atomic mass is 16.5. The second-order valence-corrected chi connectivity index (χ2v) is 20.1. The number of hydrazine groups is 6. The Morgan fingerprint density at radius 2 is 0.580 bits per heavy atom. The van der Waals surface area contributed by atoms with Crippen LogP contribution in [0.25, 0.3) is 0 Å². The largest absolute Gasteiger partial charge is 0.464 e.